The van der Waals surface area contributed by atoms with E-state index in [1.165, 1.54) is 0 Å². The number of fused-ring (bicyclic) bond motifs is 3. The van der Waals surface area contributed by atoms with E-state index in [1.807, 2.05) is 72.8 Å². The van der Waals surface area contributed by atoms with Gasteiger partial charge in [0.15, 0.2) is 11.6 Å². The monoisotopic (exact) mass is 339 g/mol. The van der Waals surface area contributed by atoms with Crippen molar-refractivity contribution in [2.75, 3.05) is 0 Å². The Bertz CT molecular complexity index is 1300. The van der Waals surface area contributed by atoms with Gasteiger partial charge in [0.1, 0.15) is 11.1 Å². The third-order valence-corrected chi connectivity index (χ3v) is 4.41. The topological polar surface area (TPSA) is 71.8 Å². The van der Waals surface area contributed by atoms with Crippen molar-refractivity contribution in [3.8, 4) is 22.8 Å². The molecule has 0 amide bonds. The highest BCUT2D eigenvalue weighted by Crippen LogP contribution is 2.27. The molecule has 0 bridgehead atoms. The van der Waals surface area contributed by atoms with Crippen LogP contribution in [0.25, 0.3) is 44.5 Å². The standard InChI is InChI=1S/C21H13N3O2/c25-21-17(20-22-19(23-24-20)14-7-2-1-3-8-14)12-16-15-9-5-4-6-13(15)10-11-18(16)26-21/h1-12H,(H,22,23,24). The fourth-order valence-corrected chi connectivity index (χ4v) is 3.14. The molecule has 5 rings (SSSR count). The number of aromatic amines is 1. The summed E-state index contributed by atoms with van der Waals surface area (Å²) in [6.07, 6.45) is 0. The van der Waals surface area contributed by atoms with E-state index in [9.17, 15) is 4.79 Å². The predicted molar refractivity (Wildman–Crippen MR) is 101 cm³/mol. The van der Waals surface area contributed by atoms with Crippen molar-refractivity contribution in [3.05, 3.63) is 83.2 Å². The first-order chi connectivity index (χ1) is 12.8. The van der Waals surface area contributed by atoms with E-state index in [-0.39, 0.29) is 0 Å². The predicted octanol–water partition coefficient (Wildman–Crippen LogP) is 4.40. The Labute approximate surface area is 147 Å². The van der Waals surface area contributed by atoms with Crippen LogP contribution in [0.4, 0.5) is 0 Å². The van der Waals surface area contributed by atoms with Gasteiger partial charge in [0.05, 0.1) is 0 Å². The first-order valence-electron chi connectivity index (χ1n) is 8.23. The Balaban J connectivity index is 1.72. The van der Waals surface area contributed by atoms with Gasteiger partial charge in [0.25, 0.3) is 0 Å². The van der Waals surface area contributed by atoms with Gasteiger partial charge in [0.2, 0.25) is 0 Å². The summed E-state index contributed by atoms with van der Waals surface area (Å²) in [7, 11) is 0. The minimum absolute atomic E-state index is 0.364. The number of H-pyrrole nitrogens is 1. The average Bonchev–Trinajstić information content (AvgIpc) is 3.18. The summed E-state index contributed by atoms with van der Waals surface area (Å²) < 4.78 is 5.53. The average molecular weight is 339 g/mol. The Kier molecular flexibility index (Phi) is 3.18. The molecule has 0 saturated heterocycles. The molecule has 124 valence electrons. The second-order valence-corrected chi connectivity index (χ2v) is 6.02. The van der Waals surface area contributed by atoms with Gasteiger partial charge in [-0.1, -0.05) is 60.7 Å². The summed E-state index contributed by atoms with van der Waals surface area (Å²) >= 11 is 0. The van der Waals surface area contributed by atoms with Crippen molar-refractivity contribution in [2.24, 2.45) is 0 Å². The lowest BCUT2D eigenvalue weighted by molar-refractivity contribution is 0.563. The lowest BCUT2D eigenvalue weighted by Crippen LogP contribution is -2.04. The van der Waals surface area contributed by atoms with Crippen molar-refractivity contribution in [2.45, 2.75) is 0 Å². The third-order valence-electron chi connectivity index (χ3n) is 4.41. The molecule has 0 unspecified atom stereocenters. The Morgan fingerprint density at radius 2 is 1.65 bits per heavy atom. The molecule has 1 N–H and O–H groups in total. The van der Waals surface area contributed by atoms with Crippen LogP contribution in [0.2, 0.25) is 0 Å². The van der Waals surface area contributed by atoms with Gasteiger partial charge >= 0.3 is 5.63 Å². The summed E-state index contributed by atoms with van der Waals surface area (Å²) in [5, 5.41) is 10.1. The molecule has 0 aliphatic carbocycles. The zero-order chi connectivity index (χ0) is 17.5. The van der Waals surface area contributed by atoms with Crippen molar-refractivity contribution >= 4 is 21.7 Å². The Morgan fingerprint density at radius 3 is 2.54 bits per heavy atom. The maximum Gasteiger partial charge on any atom is 0.347 e. The SMILES string of the molecule is O=c1oc2ccc3ccccc3c2cc1-c1nc(-c2ccccc2)n[nH]1. The van der Waals surface area contributed by atoms with Gasteiger partial charge in [-0.05, 0) is 22.9 Å². The first-order valence-corrected chi connectivity index (χ1v) is 8.23. The molecule has 5 heteroatoms. The molecule has 5 nitrogen and oxygen atoms in total. The van der Waals surface area contributed by atoms with E-state index in [2.05, 4.69) is 15.2 Å². The van der Waals surface area contributed by atoms with E-state index >= 15 is 0 Å². The summed E-state index contributed by atoms with van der Waals surface area (Å²) in [5.41, 5.74) is 1.36. The molecule has 2 aromatic heterocycles. The van der Waals surface area contributed by atoms with Crippen LogP contribution >= 0.6 is 0 Å². The van der Waals surface area contributed by atoms with Crippen molar-refractivity contribution < 1.29 is 4.42 Å². The van der Waals surface area contributed by atoms with Crippen molar-refractivity contribution in [1.82, 2.24) is 15.2 Å². The quantitative estimate of drug-likeness (QED) is 0.382. The molecular formula is C21H13N3O2. The first kappa shape index (κ1) is 14.6. The van der Waals surface area contributed by atoms with Gasteiger partial charge in [0, 0.05) is 10.9 Å². The highest BCUT2D eigenvalue weighted by molar-refractivity contribution is 6.06. The molecule has 0 aliphatic heterocycles. The van der Waals surface area contributed by atoms with Gasteiger partial charge < -0.3 is 4.42 Å². The molecular weight excluding hydrogens is 326 g/mol. The van der Waals surface area contributed by atoms with E-state index < -0.39 is 5.63 Å². The van der Waals surface area contributed by atoms with Crippen LogP contribution in [-0.4, -0.2) is 15.2 Å². The molecule has 5 aromatic rings. The summed E-state index contributed by atoms with van der Waals surface area (Å²) in [4.78, 5) is 16.9. The number of aromatic nitrogens is 3. The minimum atomic E-state index is -0.441. The van der Waals surface area contributed by atoms with Crippen molar-refractivity contribution in [3.63, 3.8) is 0 Å². The lowest BCUT2D eigenvalue weighted by atomic mass is 10.0. The lowest BCUT2D eigenvalue weighted by Gasteiger charge is -2.04. The fraction of sp³-hybridized carbons (Fsp3) is 0. The summed E-state index contributed by atoms with van der Waals surface area (Å²) in [5.74, 6) is 0.936. The van der Waals surface area contributed by atoms with E-state index in [0.29, 0.717) is 22.8 Å². The van der Waals surface area contributed by atoms with Crippen molar-refractivity contribution in [1.29, 1.82) is 0 Å². The highest BCUT2D eigenvalue weighted by Gasteiger charge is 2.14. The van der Waals surface area contributed by atoms with Crippen LogP contribution < -0.4 is 5.63 Å². The van der Waals surface area contributed by atoms with Gasteiger partial charge in [-0.3, -0.25) is 5.10 Å². The Hall–Kier alpha value is -3.73. The fourth-order valence-electron chi connectivity index (χ4n) is 3.14. The van der Waals surface area contributed by atoms with E-state index in [1.54, 1.807) is 0 Å². The van der Waals surface area contributed by atoms with Crippen LogP contribution in [0.1, 0.15) is 0 Å². The molecule has 2 heterocycles. The molecule has 0 aliphatic rings. The third kappa shape index (κ3) is 2.29. The normalized spacial score (nSPS) is 11.2. The van der Waals surface area contributed by atoms with Crippen LogP contribution in [0, 0.1) is 0 Å². The summed E-state index contributed by atoms with van der Waals surface area (Å²) in [6.45, 7) is 0. The maximum absolute atomic E-state index is 12.5. The van der Waals surface area contributed by atoms with Crippen LogP contribution in [0.15, 0.2) is 82.0 Å². The smallest absolute Gasteiger partial charge is 0.347 e. The van der Waals surface area contributed by atoms with Crippen LogP contribution in [0.3, 0.4) is 0 Å². The number of benzene rings is 3. The zero-order valence-electron chi connectivity index (χ0n) is 13.6. The van der Waals surface area contributed by atoms with Crippen LogP contribution in [0.5, 0.6) is 0 Å². The van der Waals surface area contributed by atoms with E-state index in [4.69, 9.17) is 4.42 Å². The Morgan fingerprint density at radius 1 is 0.846 bits per heavy atom. The number of hydrogen-bond acceptors (Lipinski definition) is 4. The largest absolute Gasteiger partial charge is 0.422 e. The second-order valence-electron chi connectivity index (χ2n) is 6.02. The number of hydrogen-bond donors (Lipinski definition) is 1. The second kappa shape index (κ2) is 5.67. The maximum atomic E-state index is 12.5. The van der Waals surface area contributed by atoms with Gasteiger partial charge in [-0.2, -0.15) is 5.10 Å². The number of rotatable bonds is 2. The molecule has 0 fully saturated rings. The molecule has 3 aromatic carbocycles. The van der Waals surface area contributed by atoms with E-state index in [0.717, 1.165) is 21.7 Å². The van der Waals surface area contributed by atoms with Gasteiger partial charge in [-0.15, -0.1) is 0 Å². The zero-order valence-corrected chi connectivity index (χ0v) is 13.6. The van der Waals surface area contributed by atoms with Gasteiger partial charge in [-0.25, -0.2) is 9.78 Å². The molecule has 0 spiro atoms. The summed E-state index contributed by atoms with van der Waals surface area (Å²) in [6, 6.07) is 23.2. The highest BCUT2D eigenvalue weighted by atomic mass is 16.4. The molecule has 0 atom stereocenters. The molecule has 0 radical (unpaired) electrons. The number of nitrogens with one attached hydrogen (secondary N) is 1. The molecule has 26 heavy (non-hydrogen) atoms. The van der Waals surface area contributed by atoms with Crippen LogP contribution in [-0.2, 0) is 0 Å². The minimum Gasteiger partial charge on any atom is -0.422 e. The molecule has 0 saturated carbocycles. The number of nitrogens with zero attached hydrogens (tertiary/aromatic N) is 2.